The molecule has 0 radical (unpaired) electrons. The first-order valence-electron chi connectivity index (χ1n) is 4.93. The summed E-state index contributed by atoms with van der Waals surface area (Å²) in [7, 11) is 0. The van der Waals surface area contributed by atoms with Crippen molar-refractivity contribution in [2.75, 3.05) is 6.54 Å². The molecule has 0 aliphatic heterocycles. The largest absolute Gasteiger partial charge is 0.338 e. The standard InChI is InChI=1S/C11H15ClN2O/c1-3-13-11(15)14-8(2)9-4-6-10(12)7-5-9/h4-8H,3H2,1-2H3,(H2,13,14,15)/t8-/m1/s1. The molecule has 3 nitrogen and oxygen atoms in total. The fraction of sp³-hybridized carbons (Fsp3) is 0.364. The van der Waals surface area contributed by atoms with Gasteiger partial charge < -0.3 is 10.6 Å². The third-order valence-electron chi connectivity index (χ3n) is 2.05. The summed E-state index contributed by atoms with van der Waals surface area (Å²) in [6.07, 6.45) is 0. The summed E-state index contributed by atoms with van der Waals surface area (Å²) < 4.78 is 0. The first-order valence-corrected chi connectivity index (χ1v) is 5.31. The van der Waals surface area contributed by atoms with Gasteiger partial charge in [-0.1, -0.05) is 23.7 Å². The molecule has 0 aromatic heterocycles. The molecule has 1 aromatic carbocycles. The molecule has 2 amide bonds. The van der Waals surface area contributed by atoms with E-state index in [1.54, 1.807) is 0 Å². The van der Waals surface area contributed by atoms with Gasteiger partial charge in [-0.05, 0) is 31.5 Å². The van der Waals surface area contributed by atoms with Crippen molar-refractivity contribution >= 4 is 17.6 Å². The Balaban J connectivity index is 2.57. The van der Waals surface area contributed by atoms with E-state index < -0.39 is 0 Å². The van der Waals surface area contributed by atoms with Gasteiger partial charge in [0.25, 0.3) is 0 Å². The Labute approximate surface area is 94.8 Å². The van der Waals surface area contributed by atoms with Crippen molar-refractivity contribution in [1.82, 2.24) is 10.6 Å². The van der Waals surface area contributed by atoms with E-state index in [4.69, 9.17) is 11.6 Å². The molecule has 0 unspecified atom stereocenters. The summed E-state index contributed by atoms with van der Waals surface area (Å²) in [5.41, 5.74) is 1.03. The summed E-state index contributed by atoms with van der Waals surface area (Å²) in [6.45, 7) is 4.43. The predicted molar refractivity (Wildman–Crippen MR) is 62.1 cm³/mol. The number of halogens is 1. The van der Waals surface area contributed by atoms with Gasteiger partial charge in [-0.3, -0.25) is 0 Å². The lowest BCUT2D eigenvalue weighted by atomic mass is 10.1. The Morgan fingerprint density at radius 1 is 1.40 bits per heavy atom. The lowest BCUT2D eigenvalue weighted by molar-refractivity contribution is 0.238. The zero-order chi connectivity index (χ0) is 11.3. The molecule has 0 bridgehead atoms. The zero-order valence-corrected chi connectivity index (χ0v) is 9.64. The second-order valence-electron chi connectivity index (χ2n) is 3.28. The third-order valence-corrected chi connectivity index (χ3v) is 2.31. The van der Waals surface area contributed by atoms with Crippen molar-refractivity contribution in [2.45, 2.75) is 19.9 Å². The quantitative estimate of drug-likeness (QED) is 0.818. The average Bonchev–Trinajstić information content (AvgIpc) is 2.18. The highest BCUT2D eigenvalue weighted by molar-refractivity contribution is 6.30. The normalized spacial score (nSPS) is 11.9. The van der Waals surface area contributed by atoms with Crippen LogP contribution in [0.5, 0.6) is 0 Å². The maximum atomic E-state index is 11.2. The summed E-state index contributed by atoms with van der Waals surface area (Å²) in [4.78, 5) is 11.2. The van der Waals surface area contributed by atoms with Gasteiger partial charge in [-0.25, -0.2) is 4.79 Å². The molecule has 2 N–H and O–H groups in total. The van der Waals surface area contributed by atoms with Gasteiger partial charge in [0, 0.05) is 11.6 Å². The molecule has 0 aliphatic rings. The van der Waals surface area contributed by atoms with Crippen molar-refractivity contribution < 1.29 is 4.79 Å². The van der Waals surface area contributed by atoms with Crippen molar-refractivity contribution in [3.05, 3.63) is 34.9 Å². The molecule has 82 valence electrons. The van der Waals surface area contributed by atoms with Crippen LogP contribution in [0.2, 0.25) is 5.02 Å². The molecular formula is C11H15ClN2O. The van der Waals surface area contributed by atoms with Crippen LogP contribution in [-0.2, 0) is 0 Å². The van der Waals surface area contributed by atoms with Crippen LogP contribution in [0.3, 0.4) is 0 Å². The summed E-state index contributed by atoms with van der Waals surface area (Å²) in [5, 5.41) is 6.20. The minimum absolute atomic E-state index is 0.0196. The van der Waals surface area contributed by atoms with Crippen molar-refractivity contribution in [1.29, 1.82) is 0 Å². The maximum absolute atomic E-state index is 11.2. The monoisotopic (exact) mass is 226 g/mol. The predicted octanol–water partition coefficient (Wildman–Crippen LogP) is 2.72. The van der Waals surface area contributed by atoms with Crippen molar-refractivity contribution in [2.24, 2.45) is 0 Å². The number of carbonyl (C=O) groups excluding carboxylic acids is 1. The Morgan fingerprint density at radius 3 is 2.53 bits per heavy atom. The Morgan fingerprint density at radius 2 is 2.00 bits per heavy atom. The number of hydrogen-bond acceptors (Lipinski definition) is 1. The second-order valence-corrected chi connectivity index (χ2v) is 3.71. The van der Waals surface area contributed by atoms with Crippen LogP contribution in [0.4, 0.5) is 4.79 Å². The van der Waals surface area contributed by atoms with E-state index >= 15 is 0 Å². The van der Waals surface area contributed by atoms with Gasteiger partial charge in [-0.2, -0.15) is 0 Å². The minimum Gasteiger partial charge on any atom is -0.338 e. The molecule has 0 spiro atoms. The number of carbonyl (C=O) groups is 1. The first-order chi connectivity index (χ1) is 7.13. The summed E-state index contributed by atoms with van der Waals surface area (Å²) in [5.74, 6) is 0. The van der Waals surface area contributed by atoms with Gasteiger partial charge >= 0.3 is 6.03 Å². The van der Waals surface area contributed by atoms with Crippen molar-refractivity contribution in [3.63, 3.8) is 0 Å². The van der Waals surface area contributed by atoms with Crippen LogP contribution in [0, 0.1) is 0 Å². The highest BCUT2D eigenvalue weighted by Gasteiger charge is 2.07. The maximum Gasteiger partial charge on any atom is 0.315 e. The Hall–Kier alpha value is -1.22. The number of amides is 2. The zero-order valence-electron chi connectivity index (χ0n) is 8.88. The van der Waals surface area contributed by atoms with Gasteiger partial charge in [-0.15, -0.1) is 0 Å². The van der Waals surface area contributed by atoms with E-state index in [1.165, 1.54) is 0 Å². The molecular weight excluding hydrogens is 212 g/mol. The molecule has 1 atom stereocenters. The molecule has 0 saturated carbocycles. The molecule has 0 aliphatic carbocycles. The SMILES string of the molecule is CCNC(=O)N[C@H](C)c1ccc(Cl)cc1. The Kier molecular flexibility index (Phi) is 4.43. The number of nitrogens with one attached hydrogen (secondary N) is 2. The minimum atomic E-state index is -0.153. The average molecular weight is 227 g/mol. The van der Waals surface area contributed by atoms with Crippen LogP contribution in [0.15, 0.2) is 24.3 Å². The van der Waals surface area contributed by atoms with E-state index in [2.05, 4.69) is 10.6 Å². The van der Waals surface area contributed by atoms with Gasteiger partial charge in [0.05, 0.1) is 6.04 Å². The smallest absolute Gasteiger partial charge is 0.315 e. The molecule has 0 saturated heterocycles. The van der Waals surface area contributed by atoms with E-state index in [0.717, 1.165) is 5.56 Å². The first kappa shape index (κ1) is 11.9. The number of rotatable bonds is 3. The summed E-state index contributed by atoms with van der Waals surface area (Å²) >= 11 is 5.77. The number of urea groups is 1. The van der Waals surface area contributed by atoms with Crippen molar-refractivity contribution in [3.8, 4) is 0 Å². The fourth-order valence-electron chi connectivity index (χ4n) is 1.24. The molecule has 1 rings (SSSR count). The van der Waals surface area contributed by atoms with E-state index in [9.17, 15) is 4.79 Å². The highest BCUT2D eigenvalue weighted by Crippen LogP contribution is 2.15. The Bertz CT molecular complexity index is 324. The topological polar surface area (TPSA) is 41.1 Å². The summed E-state index contributed by atoms with van der Waals surface area (Å²) in [6, 6.07) is 7.26. The van der Waals surface area contributed by atoms with Gasteiger partial charge in [0.15, 0.2) is 0 Å². The van der Waals surface area contributed by atoms with Crippen LogP contribution in [-0.4, -0.2) is 12.6 Å². The third kappa shape index (κ3) is 3.80. The van der Waals surface area contributed by atoms with Crippen LogP contribution >= 0.6 is 11.6 Å². The number of hydrogen-bond donors (Lipinski definition) is 2. The molecule has 4 heteroatoms. The fourth-order valence-corrected chi connectivity index (χ4v) is 1.37. The lowest BCUT2D eigenvalue weighted by Crippen LogP contribution is -2.36. The van der Waals surface area contributed by atoms with Crippen LogP contribution < -0.4 is 10.6 Å². The number of benzene rings is 1. The highest BCUT2D eigenvalue weighted by atomic mass is 35.5. The second kappa shape index (κ2) is 5.61. The van der Waals surface area contributed by atoms with E-state index in [-0.39, 0.29) is 12.1 Å². The van der Waals surface area contributed by atoms with Gasteiger partial charge in [0.1, 0.15) is 0 Å². The van der Waals surface area contributed by atoms with Gasteiger partial charge in [0.2, 0.25) is 0 Å². The van der Waals surface area contributed by atoms with E-state index in [1.807, 2.05) is 38.1 Å². The molecule has 0 fully saturated rings. The molecule has 0 heterocycles. The van der Waals surface area contributed by atoms with E-state index in [0.29, 0.717) is 11.6 Å². The van der Waals surface area contributed by atoms with Crippen LogP contribution in [0.25, 0.3) is 0 Å². The lowest BCUT2D eigenvalue weighted by Gasteiger charge is -2.14. The molecule has 1 aromatic rings. The van der Waals surface area contributed by atoms with Crippen LogP contribution in [0.1, 0.15) is 25.5 Å². The molecule has 15 heavy (non-hydrogen) atoms.